The normalized spacial score (nSPS) is 17.9. The first-order chi connectivity index (χ1) is 7.83. The highest BCUT2D eigenvalue weighted by Crippen LogP contribution is 2.28. The summed E-state index contributed by atoms with van der Waals surface area (Å²) in [6, 6.07) is 2.82. The lowest BCUT2D eigenvalue weighted by Crippen LogP contribution is -2.48. The third kappa shape index (κ3) is 1.86. The topological polar surface area (TPSA) is 66.5 Å². The molecular formula is C10H11FN2O3S. The Hall–Kier alpha value is -1.63. The van der Waals surface area contributed by atoms with Crippen LogP contribution in [0.2, 0.25) is 0 Å². The molecule has 17 heavy (non-hydrogen) atoms. The molecule has 0 aromatic heterocycles. The highest BCUT2D eigenvalue weighted by molar-refractivity contribution is 7.91. The molecule has 0 bridgehead atoms. The van der Waals surface area contributed by atoms with Crippen LogP contribution >= 0.6 is 0 Å². The van der Waals surface area contributed by atoms with Crippen molar-refractivity contribution in [3.05, 3.63) is 29.6 Å². The van der Waals surface area contributed by atoms with Crippen molar-refractivity contribution >= 4 is 21.8 Å². The van der Waals surface area contributed by atoms with Gasteiger partial charge < -0.3 is 0 Å². The van der Waals surface area contributed by atoms with E-state index in [1.165, 1.54) is 6.07 Å². The molecular weight excluding hydrogens is 247 g/mol. The summed E-state index contributed by atoms with van der Waals surface area (Å²) >= 11 is 0. The second-order valence-corrected chi connectivity index (χ2v) is 5.54. The maximum absolute atomic E-state index is 13.0. The van der Waals surface area contributed by atoms with Crippen LogP contribution in [0.4, 0.5) is 10.1 Å². The van der Waals surface area contributed by atoms with Gasteiger partial charge in [-0.25, -0.2) is 8.70 Å². The van der Waals surface area contributed by atoms with Crippen LogP contribution in [-0.2, 0) is 10.2 Å². The van der Waals surface area contributed by atoms with Crippen LogP contribution in [0.3, 0.4) is 0 Å². The number of amides is 1. The molecule has 1 amide bonds. The molecule has 0 spiro atoms. The molecule has 0 saturated heterocycles. The fraction of sp³-hybridized carbons (Fsp3) is 0.300. The first-order valence-electron chi connectivity index (χ1n) is 4.99. The Morgan fingerprint density at radius 1 is 1.35 bits per heavy atom. The molecule has 5 nitrogen and oxygen atoms in total. The number of nitrogens with zero attached hydrogens (tertiary/aromatic N) is 1. The van der Waals surface area contributed by atoms with E-state index in [0.29, 0.717) is 4.31 Å². The molecule has 0 atom stereocenters. The second kappa shape index (κ2) is 3.69. The van der Waals surface area contributed by atoms with Gasteiger partial charge in [-0.3, -0.25) is 9.52 Å². The minimum atomic E-state index is -3.89. The number of benzene rings is 1. The van der Waals surface area contributed by atoms with Gasteiger partial charge in [-0.15, -0.1) is 0 Å². The van der Waals surface area contributed by atoms with E-state index >= 15 is 0 Å². The number of carbonyl (C=O) groups is 1. The SMILES string of the molecule is CC(C)N1C(=O)c2cc(F)ccc2NS1(=O)=O. The summed E-state index contributed by atoms with van der Waals surface area (Å²) in [4.78, 5) is 12.0. The average molecular weight is 258 g/mol. The first kappa shape index (κ1) is 11.8. The van der Waals surface area contributed by atoms with Gasteiger partial charge in [0.05, 0.1) is 11.3 Å². The van der Waals surface area contributed by atoms with Crippen LogP contribution < -0.4 is 4.72 Å². The number of fused-ring (bicyclic) bond motifs is 1. The molecule has 0 aliphatic carbocycles. The van der Waals surface area contributed by atoms with Crippen molar-refractivity contribution in [2.75, 3.05) is 4.72 Å². The van der Waals surface area contributed by atoms with Gasteiger partial charge in [0.25, 0.3) is 5.91 Å². The third-order valence-corrected chi connectivity index (χ3v) is 3.96. The molecule has 1 N–H and O–H groups in total. The van der Waals surface area contributed by atoms with E-state index in [1.807, 2.05) is 0 Å². The van der Waals surface area contributed by atoms with E-state index in [2.05, 4.69) is 4.72 Å². The van der Waals surface area contributed by atoms with Gasteiger partial charge in [0.15, 0.2) is 0 Å². The first-order valence-corrected chi connectivity index (χ1v) is 6.43. The zero-order valence-corrected chi connectivity index (χ0v) is 10.1. The average Bonchev–Trinajstić information content (AvgIpc) is 2.17. The van der Waals surface area contributed by atoms with Crippen LogP contribution in [0.5, 0.6) is 0 Å². The summed E-state index contributed by atoms with van der Waals surface area (Å²) in [5.41, 5.74) is 0.127. The standard InChI is InChI=1S/C10H11FN2O3S/c1-6(2)13-10(14)8-5-7(11)3-4-9(8)12-17(13,15)16/h3-6,12H,1-2H3. The summed E-state index contributed by atoms with van der Waals surface area (Å²) in [5.74, 6) is -1.30. The van der Waals surface area contributed by atoms with Gasteiger partial charge in [-0.2, -0.15) is 8.42 Å². The third-order valence-electron chi connectivity index (χ3n) is 2.38. The number of hydrogen-bond donors (Lipinski definition) is 1. The maximum atomic E-state index is 13.0. The molecule has 0 radical (unpaired) electrons. The molecule has 0 saturated carbocycles. The largest absolute Gasteiger partial charge is 0.326 e. The molecule has 92 valence electrons. The number of hydrogen-bond acceptors (Lipinski definition) is 3. The van der Waals surface area contributed by atoms with Crippen molar-refractivity contribution in [3.8, 4) is 0 Å². The summed E-state index contributed by atoms with van der Waals surface area (Å²) < 4.78 is 39.5. The van der Waals surface area contributed by atoms with E-state index in [9.17, 15) is 17.6 Å². The lowest BCUT2D eigenvalue weighted by atomic mass is 10.1. The lowest BCUT2D eigenvalue weighted by molar-refractivity contribution is 0.0833. The van der Waals surface area contributed by atoms with Crippen molar-refractivity contribution in [1.29, 1.82) is 0 Å². The molecule has 0 fully saturated rings. The van der Waals surface area contributed by atoms with Crippen molar-refractivity contribution in [2.24, 2.45) is 0 Å². The molecule has 1 aliphatic rings. The zero-order valence-electron chi connectivity index (χ0n) is 9.27. The van der Waals surface area contributed by atoms with Crippen LogP contribution in [0, 0.1) is 5.82 Å². The molecule has 2 rings (SSSR count). The van der Waals surface area contributed by atoms with Crippen LogP contribution in [0.25, 0.3) is 0 Å². The summed E-state index contributed by atoms with van der Waals surface area (Å²) in [6.07, 6.45) is 0. The Labute approximate surface area is 98.4 Å². The number of carbonyl (C=O) groups excluding carboxylic acids is 1. The molecule has 1 aromatic rings. The van der Waals surface area contributed by atoms with Crippen molar-refractivity contribution in [3.63, 3.8) is 0 Å². The van der Waals surface area contributed by atoms with Gasteiger partial charge >= 0.3 is 10.2 Å². The van der Waals surface area contributed by atoms with Gasteiger partial charge in [-0.1, -0.05) is 0 Å². The molecule has 0 unspecified atom stereocenters. The smallest absolute Gasteiger partial charge is 0.268 e. The number of halogens is 1. The highest BCUT2D eigenvalue weighted by atomic mass is 32.2. The van der Waals surface area contributed by atoms with Crippen LogP contribution in [0.15, 0.2) is 18.2 Å². The Morgan fingerprint density at radius 2 is 2.00 bits per heavy atom. The highest BCUT2D eigenvalue weighted by Gasteiger charge is 2.37. The van der Waals surface area contributed by atoms with Gasteiger partial charge in [0.2, 0.25) is 0 Å². The Morgan fingerprint density at radius 3 is 2.59 bits per heavy atom. The Bertz CT molecular complexity index is 583. The maximum Gasteiger partial charge on any atom is 0.326 e. The minimum Gasteiger partial charge on any atom is -0.268 e. The van der Waals surface area contributed by atoms with Crippen molar-refractivity contribution in [2.45, 2.75) is 19.9 Å². The number of nitrogens with one attached hydrogen (secondary N) is 1. The van der Waals surface area contributed by atoms with E-state index < -0.39 is 28.0 Å². The molecule has 1 aliphatic heterocycles. The van der Waals surface area contributed by atoms with Crippen molar-refractivity contribution < 1.29 is 17.6 Å². The van der Waals surface area contributed by atoms with E-state index in [1.54, 1.807) is 13.8 Å². The fourth-order valence-electron chi connectivity index (χ4n) is 1.71. The van der Waals surface area contributed by atoms with E-state index in [0.717, 1.165) is 12.1 Å². The minimum absolute atomic E-state index is 0.0218. The molecule has 1 aromatic carbocycles. The van der Waals surface area contributed by atoms with Gasteiger partial charge in [-0.05, 0) is 32.0 Å². The number of rotatable bonds is 1. The van der Waals surface area contributed by atoms with Gasteiger partial charge in [0.1, 0.15) is 5.82 Å². The number of anilines is 1. The Balaban J connectivity index is 2.62. The monoisotopic (exact) mass is 258 g/mol. The molecule has 1 heterocycles. The predicted molar refractivity (Wildman–Crippen MR) is 60.2 cm³/mol. The van der Waals surface area contributed by atoms with Gasteiger partial charge in [0, 0.05) is 6.04 Å². The Kier molecular flexibility index (Phi) is 2.57. The quantitative estimate of drug-likeness (QED) is 0.826. The van der Waals surface area contributed by atoms with E-state index in [4.69, 9.17) is 0 Å². The summed E-state index contributed by atoms with van der Waals surface area (Å²) in [6.45, 7) is 3.14. The van der Waals surface area contributed by atoms with E-state index in [-0.39, 0.29) is 11.3 Å². The summed E-state index contributed by atoms with van der Waals surface area (Å²) in [7, 11) is -3.89. The zero-order chi connectivity index (χ0) is 12.8. The van der Waals surface area contributed by atoms with Crippen LogP contribution in [-0.4, -0.2) is 24.7 Å². The summed E-state index contributed by atoms with van der Waals surface area (Å²) in [5, 5.41) is 0. The molecule has 7 heteroatoms. The second-order valence-electron chi connectivity index (χ2n) is 3.99. The lowest BCUT2D eigenvalue weighted by Gasteiger charge is -2.31. The predicted octanol–water partition coefficient (Wildman–Crippen LogP) is 1.35. The van der Waals surface area contributed by atoms with Crippen molar-refractivity contribution in [1.82, 2.24) is 4.31 Å². The fourth-order valence-corrected chi connectivity index (χ4v) is 3.14. The van der Waals surface area contributed by atoms with Crippen LogP contribution in [0.1, 0.15) is 24.2 Å².